The molecular weight excluding hydrogens is 729 g/mol. The summed E-state index contributed by atoms with van der Waals surface area (Å²) in [7, 11) is 0. The summed E-state index contributed by atoms with van der Waals surface area (Å²) in [5.41, 5.74) is 6.48. The number of rotatable bonds is 7. The van der Waals surface area contributed by atoms with E-state index in [4.69, 9.17) is 4.74 Å². The van der Waals surface area contributed by atoms with E-state index in [0.29, 0.717) is 53.7 Å². The smallest absolute Gasteiger partial charge is 0.255 e. The SMILES string of the molecule is Cc1cc([C@@H]2COc3cc(O)ccc3[C@@H]2c2ccc(N3CCC(CN4CCN(c5cc6c(cc5F)C(=O)N([C@H]5CCC(=O)NC5=O)C6)CC4)CC3)cc2)ccc1F. The lowest BCUT2D eigenvalue weighted by molar-refractivity contribution is -0.136. The van der Waals surface area contributed by atoms with Gasteiger partial charge in [0.15, 0.2) is 0 Å². The number of carbonyl (C=O) groups is 3. The van der Waals surface area contributed by atoms with Crippen molar-refractivity contribution in [2.75, 3.05) is 62.2 Å². The molecule has 2 N–H and O–H groups in total. The maximum absolute atomic E-state index is 15.5. The van der Waals surface area contributed by atoms with Crippen LogP contribution >= 0.6 is 0 Å². The largest absolute Gasteiger partial charge is 0.508 e. The van der Waals surface area contributed by atoms with Crippen LogP contribution in [0.4, 0.5) is 20.2 Å². The van der Waals surface area contributed by atoms with Crippen LogP contribution in [0.5, 0.6) is 11.5 Å². The number of piperazine rings is 1. The number of nitrogens with one attached hydrogen (secondary N) is 1. The molecule has 12 heteroatoms. The molecule has 5 aliphatic rings. The van der Waals surface area contributed by atoms with Crippen LogP contribution in [0, 0.1) is 24.5 Å². The van der Waals surface area contributed by atoms with Crippen LogP contribution < -0.4 is 19.9 Å². The minimum absolute atomic E-state index is 0.0132. The van der Waals surface area contributed by atoms with Gasteiger partial charge in [-0.2, -0.15) is 0 Å². The molecule has 4 aromatic rings. The highest BCUT2D eigenvalue weighted by Crippen LogP contribution is 2.47. The summed E-state index contributed by atoms with van der Waals surface area (Å²) < 4.78 is 35.8. The molecule has 5 aliphatic heterocycles. The molecule has 10 nitrogen and oxygen atoms in total. The Labute approximate surface area is 331 Å². The van der Waals surface area contributed by atoms with Gasteiger partial charge in [0, 0.05) is 93.5 Å². The van der Waals surface area contributed by atoms with Crippen LogP contribution in [0.1, 0.15) is 75.7 Å². The van der Waals surface area contributed by atoms with Gasteiger partial charge in [-0.25, -0.2) is 8.78 Å². The molecule has 0 saturated carbocycles. The second kappa shape index (κ2) is 15.1. The second-order valence-electron chi connectivity index (χ2n) is 16.3. The van der Waals surface area contributed by atoms with Crippen molar-refractivity contribution in [3.63, 3.8) is 0 Å². The number of aromatic hydroxyl groups is 1. The number of phenolic OH excluding ortho intramolecular Hbond substituents is 1. The first-order chi connectivity index (χ1) is 27.6. The van der Waals surface area contributed by atoms with Gasteiger partial charge in [0.25, 0.3) is 5.91 Å². The van der Waals surface area contributed by atoms with Crippen molar-refractivity contribution in [3.05, 3.63) is 118 Å². The summed E-state index contributed by atoms with van der Waals surface area (Å²) in [6.07, 6.45) is 2.62. The molecule has 3 atom stereocenters. The first-order valence-corrected chi connectivity index (χ1v) is 20.1. The Balaban J connectivity index is 0.797. The van der Waals surface area contributed by atoms with Gasteiger partial charge in [-0.3, -0.25) is 24.6 Å². The molecule has 0 spiro atoms. The summed E-state index contributed by atoms with van der Waals surface area (Å²) in [6, 6.07) is 21.8. The normalized spacial score (nSPS) is 23.0. The zero-order valence-corrected chi connectivity index (χ0v) is 32.1. The maximum Gasteiger partial charge on any atom is 0.255 e. The van der Waals surface area contributed by atoms with Crippen molar-refractivity contribution >= 4 is 29.1 Å². The standard InChI is InChI=1S/C45H47F2N5O5/c1-27-20-30(4-9-37(27)46)36-26-57-41-22-33(53)7-8-34(41)43(36)29-2-5-32(6-3-29)50-14-12-28(13-15-50)24-49-16-18-51(19-17-49)40-21-31-25-52(45(56)35(31)23-38(40)47)39-10-11-42(54)48-44(39)55/h2-9,20-23,28,36,39,43,53H,10-19,24-26H2,1H3,(H,48,54,55)/t36-,39-,43-/m0/s1. The summed E-state index contributed by atoms with van der Waals surface area (Å²) >= 11 is 0. The topological polar surface area (TPSA) is 106 Å². The summed E-state index contributed by atoms with van der Waals surface area (Å²) in [4.78, 5) is 45.7. The quantitative estimate of drug-likeness (QED) is 0.218. The average Bonchev–Trinajstić information content (AvgIpc) is 3.53. The van der Waals surface area contributed by atoms with E-state index in [1.54, 1.807) is 25.1 Å². The highest BCUT2D eigenvalue weighted by atomic mass is 19.1. The van der Waals surface area contributed by atoms with Crippen molar-refractivity contribution in [1.29, 1.82) is 0 Å². The fourth-order valence-electron chi connectivity index (χ4n) is 9.62. The van der Waals surface area contributed by atoms with E-state index in [-0.39, 0.29) is 54.6 Å². The van der Waals surface area contributed by atoms with Crippen LogP contribution in [0.3, 0.4) is 0 Å². The zero-order valence-electron chi connectivity index (χ0n) is 32.1. The second-order valence-corrected chi connectivity index (χ2v) is 16.3. The van der Waals surface area contributed by atoms with Crippen LogP contribution in [-0.2, 0) is 16.1 Å². The predicted octanol–water partition coefficient (Wildman–Crippen LogP) is 6.09. The minimum atomic E-state index is -0.726. The molecular formula is C45H47F2N5O5. The molecule has 0 bridgehead atoms. The van der Waals surface area contributed by atoms with E-state index in [0.717, 1.165) is 62.3 Å². The molecule has 57 heavy (non-hydrogen) atoms. The maximum atomic E-state index is 15.5. The van der Waals surface area contributed by atoms with Crippen molar-refractivity contribution in [2.45, 2.75) is 57.0 Å². The van der Waals surface area contributed by atoms with Gasteiger partial charge < -0.3 is 24.5 Å². The van der Waals surface area contributed by atoms with E-state index < -0.39 is 17.8 Å². The molecule has 0 aliphatic carbocycles. The Morgan fingerprint density at radius 1 is 0.807 bits per heavy atom. The van der Waals surface area contributed by atoms with Crippen molar-refractivity contribution < 1.29 is 33.0 Å². The molecule has 3 amide bonds. The van der Waals surface area contributed by atoms with E-state index in [1.165, 1.54) is 22.7 Å². The summed E-state index contributed by atoms with van der Waals surface area (Å²) in [5.74, 6) is -0.444. The monoisotopic (exact) mass is 775 g/mol. The number of phenols is 1. The van der Waals surface area contributed by atoms with Gasteiger partial charge in [-0.1, -0.05) is 30.3 Å². The van der Waals surface area contributed by atoms with Gasteiger partial charge >= 0.3 is 0 Å². The molecule has 5 heterocycles. The Hall–Kier alpha value is -5.49. The van der Waals surface area contributed by atoms with E-state index >= 15 is 4.39 Å². The fourth-order valence-corrected chi connectivity index (χ4v) is 9.62. The minimum Gasteiger partial charge on any atom is -0.508 e. The van der Waals surface area contributed by atoms with Crippen molar-refractivity contribution in [1.82, 2.24) is 15.1 Å². The zero-order chi connectivity index (χ0) is 39.4. The predicted molar refractivity (Wildman–Crippen MR) is 212 cm³/mol. The van der Waals surface area contributed by atoms with Gasteiger partial charge in [-0.05, 0) is 90.8 Å². The molecule has 3 saturated heterocycles. The lowest BCUT2D eigenvalue weighted by Gasteiger charge is -2.40. The lowest BCUT2D eigenvalue weighted by Crippen LogP contribution is -2.52. The van der Waals surface area contributed by atoms with Gasteiger partial charge in [-0.15, -0.1) is 0 Å². The number of fused-ring (bicyclic) bond motifs is 2. The van der Waals surface area contributed by atoms with E-state index in [1.807, 2.05) is 18.2 Å². The molecule has 0 aromatic heterocycles. The number of amides is 3. The molecule has 4 aromatic carbocycles. The van der Waals surface area contributed by atoms with Gasteiger partial charge in [0.2, 0.25) is 11.8 Å². The van der Waals surface area contributed by atoms with Gasteiger partial charge in [0.1, 0.15) is 29.2 Å². The Morgan fingerprint density at radius 2 is 1.56 bits per heavy atom. The number of piperidine rings is 2. The Kier molecular flexibility index (Phi) is 9.84. The van der Waals surface area contributed by atoms with Crippen molar-refractivity contribution in [3.8, 4) is 11.5 Å². The van der Waals surface area contributed by atoms with Crippen molar-refractivity contribution in [2.24, 2.45) is 5.92 Å². The molecule has 296 valence electrons. The number of carbonyl (C=O) groups excluding carboxylic acids is 3. The number of aryl methyl sites for hydroxylation is 1. The molecule has 9 rings (SSSR count). The highest BCUT2D eigenvalue weighted by molar-refractivity contribution is 6.05. The number of anilines is 2. The molecule has 0 radical (unpaired) electrons. The highest BCUT2D eigenvalue weighted by Gasteiger charge is 2.40. The summed E-state index contributed by atoms with van der Waals surface area (Å²) in [5, 5.41) is 12.5. The summed E-state index contributed by atoms with van der Waals surface area (Å²) in [6.45, 7) is 8.41. The third kappa shape index (κ3) is 7.20. The Bertz CT molecular complexity index is 2220. The number of halogens is 2. The number of hydrogen-bond acceptors (Lipinski definition) is 8. The van der Waals surface area contributed by atoms with E-state index in [9.17, 15) is 23.9 Å². The fraction of sp³-hybridized carbons (Fsp3) is 0.400. The Morgan fingerprint density at radius 3 is 2.30 bits per heavy atom. The van der Waals surface area contributed by atoms with Crippen LogP contribution in [0.15, 0.2) is 72.8 Å². The number of benzene rings is 4. The first kappa shape index (κ1) is 37.1. The number of nitrogens with zero attached hydrogens (tertiary/aromatic N) is 4. The third-order valence-electron chi connectivity index (χ3n) is 12.8. The molecule has 0 unspecified atom stereocenters. The lowest BCUT2D eigenvalue weighted by atomic mass is 9.75. The number of imide groups is 1. The van der Waals surface area contributed by atoms with Crippen LogP contribution in [0.2, 0.25) is 0 Å². The van der Waals surface area contributed by atoms with Crippen LogP contribution in [0.25, 0.3) is 0 Å². The average molecular weight is 776 g/mol. The number of hydrogen-bond donors (Lipinski definition) is 2. The van der Waals surface area contributed by atoms with E-state index in [2.05, 4.69) is 44.3 Å². The first-order valence-electron chi connectivity index (χ1n) is 20.1. The number of ether oxygens (including phenoxy) is 1. The van der Waals surface area contributed by atoms with Crippen LogP contribution in [-0.4, -0.2) is 91.1 Å². The van der Waals surface area contributed by atoms with Gasteiger partial charge in [0.05, 0.1) is 12.3 Å². The third-order valence-corrected chi connectivity index (χ3v) is 12.8. The molecule has 3 fully saturated rings.